The number of imidazole rings is 1. The maximum atomic E-state index is 14.0. The van der Waals surface area contributed by atoms with Crippen LogP contribution in [0.2, 0.25) is 0 Å². The highest BCUT2D eigenvalue weighted by atomic mass is 19.1. The maximum Gasteiger partial charge on any atom is 0.223 e. The smallest absolute Gasteiger partial charge is 0.223 e. The van der Waals surface area contributed by atoms with Gasteiger partial charge in [0.1, 0.15) is 5.82 Å². The number of aliphatic hydroxyl groups excluding tert-OH is 1. The maximum absolute atomic E-state index is 14.0. The van der Waals surface area contributed by atoms with Gasteiger partial charge in [0.25, 0.3) is 0 Å². The molecule has 0 amide bonds. The zero-order chi connectivity index (χ0) is 19.1. The van der Waals surface area contributed by atoms with Crippen LogP contribution in [0.3, 0.4) is 0 Å². The minimum atomic E-state index is -0.921. The molecule has 0 spiro atoms. The van der Waals surface area contributed by atoms with Gasteiger partial charge in [0.05, 0.1) is 35.4 Å². The highest BCUT2D eigenvalue weighted by Crippen LogP contribution is 2.30. The van der Waals surface area contributed by atoms with Gasteiger partial charge in [-0.25, -0.2) is 9.37 Å². The summed E-state index contributed by atoms with van der Waals surface area (Å²) < 4.78 is 15.5. The monoisotopic (exact) mass is 365 g/mol. The number of aromatic hydroxyl groups is 1. The summed E-state index contributed by atoms with van der Waals surface area (Å²) in [6.45, 7) is 1.53. The molecule has 0 aliphatic rings. The van der Waals surface area contributed by atoms with Crippen LogP contribution in [0, 0.1) is 5.82 Å². The van der Waals surface area contributed by atoms with Crippen molar-refractivity contribution in [2.75, 3.05) is 0 Å². The van der Waals surface area contributed by atoms with Crippen LogP contribution in [-0.2, 0) is 0 Å². The second kappa shape index (κ2) is 6.37. The van der Waals surface area contributed by atoms with Crippen LogP contribution in [0.25, 0.3) is 27.8 Å². The van der Waals surface area contributed by atoms with E-state index in [2.05, 4.69) is 9.97 Å². The minimum absolute atomic E-state index is 0.334. The average Bonchev–Trinajstić information content (AvgIpc) is 3.11. The Labute approximate surface area is 153 Å². The van der Waals surface area contributed by atoms with Crippen molar-refractivity contribution in [1.29, 1.82) is 0 Å². The fourth-order valence-corrected chi connectivity index (χ4v) is 3.15. The van der Waals surface area contributed by atoms with E-state index < -0.39 is 23.1 Å². The Balaban J connectivity index is 1.93. The van der Waals surface area contributed by atoms with Gasteiger partial charge in [-0.2, -0.15) is 0 Å². The molecule has 4 aromatic rings. The SMILES string of the molecule is CC(O)c1cc(=O)c(O)cn1-c1cccc(-c2cc(F)cc3nc[nH]c23)c1. The van der Waals surface area contributed by atoms with Crippen LogP contribution in [0.5, 0.6) is 5.75 Å². The lowest BCUT2D eigenvalue weighted by Gasteiger charge is -2.17. The number of nitrogens with zero attached hydrogens (tertiary/aromatic N) is 2. The molecule has 0 fully saturated rings. The van der Waals surface area contributed by atoms with Crippen LogP contribution in [-0.4, -0.2) is 24.7 Å². The average molecular weight is 365 g/mol. The van der Waals surface area contributed by atoms with E-state index in [9.17, 15) is 19.4 Å². The second-order valence-electron chi connectivity index (χ2n) is 6.29. The molecule has 7 heteroatoms. The van der Waals surface area contributed by atoms with Crippen molar-refractivity contribution in [2.45, 2.75) is 13.0 Å². The van der Waals surface area contributed by atoms with Gasteiger partial charge in [0.15, 0.2) is 5.75 Å². The van der Waals surface area contributed by atoms with E-state index in [0.717, 1.165) is 5.56 Å². The predicted molar refractivity (Wildman–Crippen MR) is 99.4 cm³/mol. The number of H-pyrrole nitrogens is 1. The summed E-state index contributed by atoms with van der Waals surface area (Å²) in [5.74, 6) is -0.827. The lowest BCUT2D eigenvalue weighted by atomic mass is 10.0. The van der Waals surface area contributed by atoms with Gasteiger partial charge in [-0.15, -0.1) is 0 Å². The number of aromatic nitrogens is 3. The van der Waals surface area contributed by atoms with E-state index in [0.29, 0.717) is 28.0 Å². The molecule has 2 aromatic carbocycles. The van der Waals surface area contributed by atoms with Gasteiger partial charge in [-0.1, -0.05) is 12.1 Å². The first-order valence-corrected chi connectivity index (χ1v) is 8.31. The van der Waals surface area contributed by atoms with Crippen LogP contribution in [0.1, 0.15) is 18.7 Å². The summed E-state index contributed by atoms with van der Waals surface area (Å²) in [6.07, 6.45) is 1.85. The number of pyridine rings is 1. The molecule has 0 bridgehead atoms. The van der Waals surface area contributed by atoms with Crippen LogP contribution in [0.15, 0.2) is 59.8 Å². The molecule has 0 radical (unpaired) electrons. The summed E-state index contributed by atoms with van der Waals surface area (Å²) in [7, 11) is 0. The molecule has 2 aromatic heterocycles. The van der Waals surface area contributed by atoms with Crippen molar-refractivity contribution >= 4 is 11.0 Å². The molecular weight excluding hydrogens is 349 g/mol. The van der Waals surface area contributed by atoms with Gasteiger partial charge >= 0.3 is 0 Å². The number of nitrogens with one attached hydrogen (secondary N) is 1. The molecular formula is C20H16FN3O3. The fraction of sp³-hybridized carbons (Fsp3) is 0.100. The third-order valence-electron chi connectivity index (χ3n) is 4.42. The molecule has 0 saturated heterocycles. The number of fused-ring (bicyclic) bond motifs is 1. The Morgan fingerprint density at radius 3 is 2.81 bits per heavy atom. The van der Waals surface area contributed by atoms with Crippen molar-refractivity contribution < 1.29 is 14.6 Å². The van der Waals surface area contributed by atoms with Crippen molar-refractivity contribution in [1.82, 2.24) is 14.5 Å². The van der Waals surface area contributed by atoms with Crippen molar-refractivity contribution in [2.24, 2.45) is 0 Å². The predicted octanol–water partition coefficient (Wildman–Crippen LogP) is 3.28. The standard InChI is InChI=1S/C20H16FN3O3/c1-11(25)17-8-18(26)19(27)9-24(17)14-4-2-3-12(5-14)15-6-13(21)7-16-20(15)23-10-22-16/h2-11,25,27H,1H3,(H,22,23). The van der Waals surface area contributed by atoms with Crippen LogP contribution in [0.4, 0.5) is 4.39 Å². The highest BCUT2D eigenvalue weighted by Gasteiger charge is 2.14. The first-order valence-electron chi connectivity index (χ1n) is 8.31. The Kier molecular flexibility index (Phi) is 4.01. The van der Waals surface area contributed by atoms with E-state index in [1.165, 1.54) is 42.2 Å². The third kappa shape index (κ3) is 2.98. The molecule has 4 rings (SSSR count). The summed E-state index contributed by atoms with van der Waals surface area (Å²) >= 11 is 0. The third-order valence-corrected chi connectivity index (χ3v) is 4.42. The van der Waals surface area contributed by atoms with E-state index in [1.807, 2.05) is 6.07 Å². The Bertz CT molecular complexity index is 1210. The van der Waals surface area contributed by atoms with E-state index in [1.54, 1.807) is 18.2 Å². The van der Waals surface area contributed by atoms with Crippen molar-refractivity contribution in [3.05, 3.63) is 76.7 Å². The van der Waals surface area contributed by atoms with E-state index >= 15 is 0 Å². The topological polar surface area (TPSA) is 91.1 Å². The molecule has 27 heavy (non-hydrogen) atoms. The Hall–Kier alpha value is -3.45. The van der Waals surface area contributed by atoms with Gasteiger partial charge in [-0.05, 0) is 30.7 Å². The highest BCUT2D eigenvalue weighted by molar-refractivity contribution is 5.92. The number of rotatable bonds is 3. The fourth-order valence-electron chi connectivity index (χ4n) is 3.15. The first-order chi connectivity index (χ1) is 12.9. The molecule has 1 atom stereocenters. The number of benzene rings is 2. The summed E-state index contributed by atoms with van der Waals surface area (Å²) in [5, 5.41) is 19.8. The zero-order valence-electron chi connectivity index (χ0n) is 14.3. The number of halogens is 1. The van der Waals surface area contributed by atoms with Crippen molar-refractivity contribution in [3.63, 3.8) is 0 Å². The molecule has 3 N–H and O–H groups in total. The molecule has 0 aliphatic carbocycles. The lowest BCUT2D eigenvalue weighted by Crippen LogP contribution is -2.13. The van der Waals surface area contributed by atoms with E-state index in [-0.39, 0.29) is 0 Å². The Morgan fingerprint density at radius 2 is 2.04 bits per heavy atom. The summed E-state index contributed by atoms with van der Waals surface area (Å²) in [5.41, 5.74) is 2.94. The summed E-state index contributed by atoms with van der Waals surface area (Å²) in [6, 6.07) is 11.1. The number of aromatic amines is 1. The van der Waals surface area contributed by atoms with Gasteiger partial charge in [-0.3, -0.25) is 4.79 Å². The summed E-state index contributed by atoms with van der Waals surface area (Å²) in [4.78, 5) is 18.9. The zero-order valence-corrected chi connectivity index (χ0v) is 14.3. The van der Waals surface area contributed by atoms with Crippen LogP contribution >= 0.6 is 0 Å². The molecule has 2 heterocycles. The van der Waals surface area contributed by atoms with E-state index in [4.69, 9.17) is 0 Å². The second-order valence-corrected chi connectivity index (χ2v) is 6.29. The normalized spacial score (nSPS) is 12.4. The minimum Gasteiger partial charge on any atom is -0.503 e. The largest absolute Gasteiger partial charge is 0.503 e. The van der Waals surface area contributed by atoms with Gasteiger partial charge in [0.2, 0.25) is 5.43 Å². The number of hydrogen-bond donors (Lipinski definition) is 3. The van der Waals surface area contributed by atoms with Crippen LogP contribution < -0.4 is 5.43 Å². The van der Waals surface area contributed by atoms with Gasteiger partial charge in [0, 0.05) is 23.4 Å². The Morgan fingerprint density at radius 1 is 1.22 bits per heavy atom. The van der Waals surface area contributed by atoms with Crippen molar-refractivity contribution in [3.8, 4) is 22.6 Å². The lowest BCUT2D eigenvalue weighted by molar-refractivity contribution is 0.191. The first kappa shape index (κ1) is 17.0. The molecule has 0 saturated carbocycles. The van der Waals surface area contributed by atoms with Gasteiger partial charge < -0.3 is 19.8 Å². The molecule has 6 nitrogen and oxygen atoms in total. The number of hydrogen-bond acceptors (Lipinski definition) is 4. The molecule has 136 valence electrons. The molecule has 0 aliphatic heterocycles. The number of aliphatic hydroxyl groups is 1. The molecule has 1 unspecified atom stereocenters. The quantitative estimate of drug-likeness (QED) is 0.520.